The first kappa shape index (κ1) is 18.7. The van der Waals surface area contributed by atoms with Crippen LogP contribution >= 0.6 is 0 Å². The van der Waals surface area contributed by atoms with Crippen molar-refractivity contribution in [2.75, 3.05) is 27.4 Å². The quantitative estimate of drug-likeness (QED) is 0.732. The zero-order chi connectivity index (χ0) is 19.1. The topological polar surface area (TPSA) is 81.2 Å². The molecule has 2 aromatic carbocycles. The Morgan fingerprint density at radius 1 is 1.22 bits per heavy atom. The van der Waals surface area contributed by atoms with Gasteiger partial charge in [0.25, 0.3) is 11.9 Å². The highest BCUT2D eigenvalue weighted by Gasteiger charge is 2.20. The summed E-state index contributed by atoms with van der Waals surface area (Å²) in [4.78, 5) is 21.1. The molecule has 2 aromatic rings. The van der Waals surface area contributed by atoms with E-state index in [1.165, 1.54) is 7.11 Å². The molecule has 0 saturated heterocycles. The Hall–Kier alpha value is -3.06. The summed E-state index contributed by atoms with van der Waals surface area (Å²) in [7, 11) is 3.06. The van der Waals surface area contributed by atoms with E-state index in [-0.39, 0.29) is 11.9 Å². The standard InChI is InChI=1S/C20H23N3O4/c1-25-18-9-4-3-8-16(18)17(22-20-21-10-11-27-20)13-14-6-5-7-15(12-14)19(24)23-26-2/h3-9,12,17H,10-11,13H2,1-2H3,(H,21,22)(H,23,24). The number of hydrogen-bond donors (Lipinski definition) is 2. The molecule has 1 aliphatic heterocycles. The zero-order valence-electron chi connectivity index (χ0n) is 15.4. The number of benzene rings is 2. The minimum absolute atomic E-state index is 0.126. The molecule has 3 rings (SSSR count). The zero-order valence-corrected chi connectivity index (χ0v) is 15.4. The number of nitrogens with one attached hydrogen (secondary N) is 2. The van der Waals surface area contributed by atoms with Crippen molar-refractivity contribution >= 4 is 11.9 Å². The second-order valence-electron chi connectivity index (χ2n) is 6.01. The van der Waals surface area contributed by atoms with E-state index < -0.39 is 0 Å². The van der Waals surface area contributed by atoms with Gasteiger partial charge in [0.2, 0.25) is 0 Å². The molecule has 1 amide bonds. The van der Waals surface area contributed by atoms with Gasteiger partial charge in [-0.05, 0) is 30.2 Å². The maximum atomic E-state index is 12.0. The molecule has 0 bridgehead atoms. The molecule has 1 aliphatic rings. The number of nitrogens with zero attached hydrogens (tertiary/aromatic N) is 1. The van der Waals surface area contributed by atoms with Crippen LogP contribution < -0.4 is 15.5 Å². The third-order valence-corrected chi connectivity index (χ3v) is 4.22. The smallest absolute Gasteiger partial charge is 0.285 e. The fourth-order valence-electron chi connectivity index (χ4n) is 2.99. The fourth-order valence-corrected chi connectivity index (χ4v) is 2.99. The van der Waals surface area contributed by atoms with E-state index in [9.17, 15) is 4.79 Å². The molecule has 142 valence electrons. The van der Waals surface area contributed by atoms with E-state index in [1.807, 2.05) is 42.5 Å². The van der Waals surface area contributed by atoms with Gasteiger partial charge in [0, 0.05) is 11.1 Å². The number of aliphatic imine (C=N–C) groups is 1. The summed E-state index contributed by atoms with van der Waals surface area (Å²) >= 11 is 0. The predicted octanol–water partition coefficient (Wildman–Crippen LogP) is 2.25. The summed E-state index contributed by atoms with van der Waals surface area (Å²) in [6, 6.07) is 15.6. The lowest BCUT2D eigenvalue weighted by atomic mass is 9.97. The molecule has 2 N–H and O–H groups in total. The molecule has 0 radical (unpaired) electrons. The summed E-state index contributed by atoms with van der Waals surface area (Å²) in [5.41, 5.74) is 4.85. The maximum absolute atomic E-state index is 12.0. The minimum atomic E-state index is -0.287. The van der Waals surface area contributed by atoms with Crippen LogP contribution in [0.3, 0.4) is 0 Å². The highest BCUT2D eigenvalue weighted by Crippen LogP contribution is 2.28. The van der Waals surface area contributed by atoms with Gasteiger partial charge in [-0.25, -0.2) is 10.5 Å². The molecule has 0 spiro atoms. The van der Waals surface area contributed by atoms with Crippen molar-refractivity contribution in [1.29, 1.82) is 0 Å². The van der Waals surface area contributed by atoms with Crippen molar-refractivity contribution < 1.29 is 19.1 Å². The Balaban J connectivity index is 1.87. The fraction of sp³-hybridized carbons (Fsp3) is 0.300. The van der Waals surface area contributed by atoms with Crippen LogP contribution in [0, 0.1) is 0 Å². The molecular formula is C20H23N3O4. The summed E-state index contributed by atoms with van der Waals surface area (Å²) in [5, 5.41) is 3.35. The molecule has 1 unspecified atom stereocenters. The van der Waals surface area contributed by atoms with Gasteiger partial charge >= 0.3 is 0 Å². The van der Waals surface area contributed by atoms with E-state index in [2.05, 4.69) is 15.8 Å². The second-order valence-corrected chi connectivity index (χ2v) is 6.01. The first-order chi connectivity index (χ1) is 13.2. The van der Waals surface area contributed by atoms with Crippen LogP contribution in [0.1, 0.15) is 27.5 Å². The highest BCUT2D eigenvalue weighted by molar-refractivity contribution is 5.93. The number of hydrogen-bond acceptors (Lipinski definition) is 6. The number of carbonyl (C=O) groups is 1. The monoisotopic (exact) mass is 369 g/mol. The third kappa shape index (κ3) is 4.77. The summed E-state index contributed by atoms with van der Waals surface area (Å²) in [6.45, 7) is 1.22. The van der Waals surface area contributed by atoms with E-state index in [1.54, 1.807) is 13.2 Å². The Morgan fingerprint density at radius 3 is 2.81 bits per heavy atom. The summed E-state index contributed by atoms with van der Waals surface area (Å²) in [6.07, 6.45) is 0.622. The van der Waals surface area contributed by atoms with Gasteiger partial charge < -0.3 is 14.8 Å². The van der Waals surface area contributed by atoms with Crippen molar-refractivity contribution in [3.05, 3.63) is 65.2 Å². The molecule has 1 atom stereocenters. The molecular weight excluding hydrogens is 346 g/mol. The van der Waals surface area contributed by atoms with Gasteiger partial charge in [-0.15, -0.1) is 0 Å². The number of rotatable bonds is 7. The van der Waals surface area contributed by atoms with Crippen LogP contribution in [0.4, 0.5) is 0 Å². The van der Waals surface area contributed by atoms with Crippen molar-refractivity contribution in [3.63, 3.8) is 0 Å². The van der Waals surface area contributed by atoms with Crippen molar-refractivity contribution in [3.8, 4) is 5.75 Å². The van der Waals surface area contributed by atoms with Crippen molar-refractivity contribution in [2.24, 2.45) is 4.99 Å². The van der Waals surface area contributed by atoms with Gasteiger partial charge in [0.15, 0.2) is 0 Å². The highest BCUT2D eigenvalue weighted by atomic mass is 16.6. The summed E-state index contributed by atoms with van der Waals surface area (Å²) < 4.78 is 11.0. The molecule has 0 aliphatic carbocycles. The first-order valence-electron chi connectivity index (χ1n) is 8.70. The third-order valence-electron chi connectivity index (χ3n) is 4.22. The number of amides is 1. The van der Waals surface area contributed by atoms with E-state index in [0.717, 1.165) is 16.9 Å². The number of ether oxygens (including phenoxy) is 2. The van der Waals surface area contributed by atoms with E-state index in [4.69, 9.17) is 14.3 Å². The van der Waals surface area contributed by atoms with Crippen LogP contribution in [0.25, 0.3) is 0 Å². The van der Waals surface area contributed by atoms with Gasteiger partial charge in [-0.2, -0.15) is 0 Å². The summed E-state index contributed by atoms with van der Waals surface area (Å²) in [5.74, 6) is 0.492. The average molecular weight is 369 g/mol. The van der Waals surface area contributed by atoms with Crippen LogP contribution in [0.5, 0.6) is 5.75 Å². The number of para-hydroxylation sites is 1. The maximum Gasteiger partial charge on any atom is 0.285 e. The Kier molecular flexibility index (Phi) is 6.27. The lowest BCUT2D eigenvalue weighted by Gasteiger charge is -2.22. The minimum Gasteiger partial charge on any atom is -0.496 e. The van der Waals surface area contributed by atoms with Gasteiger partial charge in [0.05, 0.1) is 26.8 Å². The molecule has 0 fully saturated rings. The predicted molar refractivity (Wildman–Crippen MR) is 102 cm³/mol. The Bertz CT molecular complexity index is 822. The normalized spacial score (nSPS) is 14.1. The number of amidine groups is 1. The molecule has 0 aromatic heterocycles. The van der Waals surface area contributed by atoms with Gasteiger partial charge in [-0.3, -0.25) is 9.63 Å². The lowest BCUT2D eigenvalue weighted by Crippen LogP contribution is -2.30. The molecule has 27 heavy (non-hydrogen) atoms. The Labute approximate surface area is 158 Å². The average Bonchev–Trinajstić information content (AvgIpc) is 3.21. The lowest BCUT2D eigenvalue weighted by molar-refractivity contribution is 0.0537. The number of hydroxylamine groups is 1. The number of methoxy groups -OCH3 is 1. The first-order valence-corrected chi connectivity index (χ1v) is 8.70. The molecule has 1 heterocycles. The van der Waals surface area contributed by atoms with Crippen molar-refractivity contribution in [2.45, 2.75) is 12.5 Å². The van der Waals surface area contributed by atoms with Crippen LogP contribution in [0.15, 0.2) is 53.5 Å². The van der Waals surface area contributed by atoms with Crippen LogP contribution in [-0.4, -0.2) is 39.3 Å². The largest absolute Gasteiger partial charge is 0.496 e. The van der Waals surface area contributed by atoms with E-state index >= 15 is 0 Å². The SMILES string of the molecule is CONC(=O)c1cccc(CC(NC2=NCCO2)c2ccccc2OC)c1. The van der Waals surface area contributed by atoms with Crippen LogP contribution in [0.2, 0.25) is 0 Å². The molecule has 7 heteroatoms. The van der Waals surface area contributed by atoms with E-state index in [0.29, 0.717) is 31.2 Å². The number of carbonyl (C=O) groups excluding carboxylic acids is 1. The van der Waals surface area contributed by atoms with Crippen molar-refractivity contribution in [1.82, 2.24) is 10.8 Å². The van der Waals surface area contributed by atoms with Gasteiger partial charge in [0.1, 0.15) is 12.4 Å². The van der Waals surface area contributed by atoms with Gasteiger partial charge in [-0.1, -0.05) is 30.3 Å². The Morgan fingerprint density at radius 2 is 2.07 bits per heavy atom. The second kappa shape index (κ2) is 9.05. The molecule has 0 saturated carbocycles. The molecule has 7 nitrogen and oxygen atoms in total. The van der Waals surface area contributed by atoms with Crippen LogP contribution in [-0.2, 0) is 16.0 Å².